The molecule has 0 unspecified atom stereocenters. The molecule has 0 fully saturated rings. The predicted octanol–water partition coefficient (Wildman–Crippen LogP) is 18.0. The van der Waals surface area contributed by atoms with Gasteiger partial charge in [0.25, 0.3) is 0 Å². The summed E-state index contributed by atoms with van der Waals surface area (Å²) < 4.78 is 10.4. The van der Waals surface area contributed by atoms with E-state index in [1.807, 2.05) is 12.4 Å². The summed E-state index contributed by atoms with van der Waals surface area (Å²) in [6, 6.07) is 73.0. The van der Waals surface area contributed by atoms with E-state index in [-0.39, 0.29) is 0 Å². The molecule has 15 aromatic rings. The standard InChI is InChI=1S/C70H52N6/c1-41-23-27-61-53(35-41)49-15-7-11-19-57(49)73(61)67-65(47-31-33-71-34-32-47)68(74-58-20-12-8-16-50(58)54-36-42(2)24-28-62(54)74)70(76-60-22-14-10-18-52(60)56-38-44(4)26-30-64(56)76)69(66(67)48-39-45(5)72-46(6)40-48)75-59-21-13-9-17-51(59)55-37-43(3)25-29-63(55)75/h7-40H,1-6H3. The van der Waals surface area contributed by atoms with Crippen molar-refractivity contribution in [1.82, 2.24) is 28.2 Å². The van der Waals surface area contributed by atoms with Gasteiger partial charge in [0, 0.05) is 78.0 Å². The first-order chi connectivity index (χ1) is 37.2. The van der Waals surface area contributed by atoms with Crippen molar-refractivity contribution in [1.29, 1.82) is 0 Å². The van der Waals surface area contributed by atoms with E-state index >= 15 is 0 Å². The molecule has 0 saturated heterocycles. The SMILES string of the molecule is Cc1ccc2c(c1)c1ccccc1n2-c1c(-c2ccncc2)c(-n2c3ccccc3c3cc(C)ccc32)c(-n2c3ccccc3c3cc(C)ccc32)c(-n2c3ccccc3c3cc(C)ccc32)c1-c1cc(C)nc(C)c1. The van der Waals surface area contributed by atoms with Gasteiger partial charge in [-0.2, -0.15) is 0 Å². The topological polar surface area (TPSA) is 45.5 Å². The quantitative estimate of drug-likeness (QED) is 0.167. The van der Waals surface area contributed by atoms with E-state index in [0.717, 1.165) is 101 Å². The molecule has 0 amide bonds. The molecular formula is C70H52N6. The van der Waals surface area contributed by atoms with Crippen molar-refractivity contribution < 1.29 is 0 Å². The van der Waals surface area contributed by atoms with E-state index in [1.54, 1.807) is 0 Å². The van der Waals surface area contributed by atoms with Gasteiger partial charge in [-0.15, -0.1) is 0 Å². The highest BCUT2D eigenvalue weighted by Gasteiger charge is 2.35. The van der Waals surface area contributed by atoms with Gasteiger partial charge in [-0.25, -0.2) is 0 Å². The van der Waals surface area contributed by atoms with Crippen LogP contribution >= 0.6 is 0 Å². The molecule has 0 bridgehead atoms. The molecule has 0 atom stereocenters. The van der Waals surface area contributed by atoms with Crippen molar-refractivity contribution >= 4 is 87.2 Å². The number of aryl methyl sites for hydroxylation is 6. The molecule has 362 valence electrons. The minimum Gasteiger partial charge on any atom is -0.308 e. The molecule has 0 aliphatic carbocycles. The summed E-state index contributed by atoms with van der Waals surface area (Å²) in [6.45, 7) is 13.1. The van der Waals surface area contributed by atoms with Gasteiger partial charge in [-0.1, -0.05) is 119 Å². The van der Waals surface area contributed by atoms with Gasteiger partial charge >= 0.3 is 0 Å². The van der Waals surface area contributed by atoms with E-state index < -0.39 is 0 Å². The lowest BCUT2D eigenvalue weighted by Gasteiger charge is -2.31. The lowest BCUT2D eigenvalue weighted by atomic mass is 9.89. The fourth-order valence-electron chi connectivity index (χ4n) is 12.9. The highest BCUT2D eigenvalue weighted by molar-refractivity contribution is 6.18. The van der Waals surface area contributed by atoms with Crippen molar-refractivity contribution in [2.24, 2.45) is 0 Å². The second-order valence-electron chi connectivity index (χ2n) is 21.0. The first-order valence-corrected chi connectivity index (χ1v) is 26.3. The molecule has 6 nitrogen and oxygen atoms in total. The summed E-state index contributed by atoms with van der Waals surface area (Å²) in [7, 11) is 0. The molecule has 0 aliphatic heterocycles. The summed E-state index contributed by atoms with van der Waals surface area (Å²) in [5.41, 5.74) is 24.2. The Hall–Kier alpha value is -9.52. The van der Waals surface area contributed by atoms with Crippen LogP contribution in [0, 0.1) is 41.5 Å². The summed E-state index contributed by atoms with van der Waals surface area (Å²) in [5, 5.41) is 9.58. The molecule has 15 rings (SSSR count). The highest BCUT2D eigenvalue weighted by Crippen LogP contribution is 2.54. The number of aromatic nitrogens is 6. The Morgan fingerprint density at radius 2 is 0.566 bits per heavy atom. The molecule has 0 spiro atoms. The fourth-order valence-corrected chi connectivity index (χ4v) is 12.9. The minimum atomic E-state index is 0.948. The second kappa shape index (κ2) is 16.5. The zero-order chi connectivity index (χ0) is 51.1. The van der Waals surface area contributed by atoms with Crippen molar-refractivity contribution in [3.05, 3.63) is 240 Å². The molecule has 76 heavy (non-hydrogen) atoms. The Morgan fingerprint density at radius 1 is 0.263 bits per heavy atom. The molecule has 0 radical (unpaired) electrons. The minimum absolute atomic E-state index is 0.948. The average molecular weight is 977 g/mol. The van der Waals surface area contributed by atoms with Crippen LogP contribution in [0.5, 0.6) is 0 Å². The Labute approximate surface area is 440 Å². The summed E-state index contributed by atoms with van der Waals surface area (Å²) in [4.78, 5) is 9.85. The maximum Gasteiger partial charge on any atom is 0.0961 e. The van der Waals surface area contributed by atoms with Crippen LogP contribution in [-0.4, -0.2) is 28.2 Å². The van der Waals surface area contributed by atoms with E-state index in [9.17, 15) is 0 Å². The van der Waals surface area contributed by atoms with Crippen LogP contribution in [-0.2, 0) is 0 Å². The van der Waals surface area contributed by atoms with Gasteiger partial charge in [-0.05, 0) is 150 Å². The Balaban J connectivity index is 1.36. The second-order valence-corrected chi connectivity index (χ2v) is 21.0. The van der Waals surface area contributed by atoms with E-state index in [0.29, 0.717) is 0 Å². The molecule has 6 heterocycles. The van der Waals surface area contributed by atoms with Gasteiger partial charge in [0.2, 0.25) is 0 Å². The fraction of sp³-hybridized carbons (Fsp3) is 0.0857. The van der Waals surface area contributed by atoms with Crippen LogP contribution in [0.25, 0.3) is 132 Å². The Morgan fingerprint density at radius 3 is 0.934 bits per heavy atom. The van der Waals surface area contributed by atoms with Crippen LogP contribution in [0.2, 0.25) is 0 Å². The molecule has 0 aliphatic rings. The highest BCUT2D eigenvalue weighted by atomic mass is 15.1. The normalized spacial score (nSPS) is 12.1. The molecule has 0 saturated carbocycles. The van der Waals surface area contributed by atoms with E-state index in [1.165, 1.54) is 65.3 Å². The van der Waals surface area contributed by atoms with E-state index in [4.69, 9.17) is 9.97 Å². The zero-order valence-corrected chi connectivity index (χ0v) is 43.3. The average Bonchev–Trinajstić information content (AvgIpc) is 4.32. The zero-order valence-electron chi connectivity index (χ0n) is 43.3. The number of fused-ring (bicyclic) bond motifs is 12. The molecular weight excluding hydrogens is 925 g/mol. The van der Waals surface area contributed by atoms with Crippen molar-refractivity contribution in [3.63, 3.8) is 0 Å². The number of hydrogen-bond acceptors (Lipinski definition) is 2. The van der Waals surface area contributed by atoms with Gasteiger partial charge in [0.05, 0.1) is 66.9 Å². The van der Waals surface area contributed by atoms with Crippen LogP contribution in [0.15, 0.2) is 207 Å². The molecule has 6 aromatic heterocycles. The lowest BCUT2D eigenvalue weighted by molar-refractivity contribution is 1.04. The Kier molecular flexibility index (Phi) is 9.55. The van der Waals surface area contributed by atoms with Crippen molar-refractivity contribution in [2.45, 2.75) is 41.5 Å². The number of rotatable bonds is 6. The largest absolute Gasteiger partial charge is 0.308 e. The summed E-state index contributed by atoms with van der Waals surface area (Å²) >= 11 is 0. The first-order valence-electron chi connectivity index (χ1n) is 26.3. The summed E-state index contributed by atoms with van der Waals surface area (Å²) in [5.74, 6) is 0. The van der Waals surface area contributed by atoms with Gasteiger partial charge < -0.3 is 18.3 Å². The lowest BCUT2D eigenvalue weighted by Crippen LogP contribution is -2.16. The monoisotopic (exact) mass is 976 g/mol. The smallest absolute Gasteiger partial charge is 0.0961 e. The van der Waals surface area contributed by atoms with Gasteiger partial charge in [0.1, 0.15) is 0 Å². The molecule has 0 N–H and O–H groups in total. The number of benzene rings is 9. The molecule has 6 heteroatoms. The van der Waals surface area contributed by atoms with Gasteiger partial charge in [-0.3, -0.25) is 9.97 Å². The van der Waals surface area contributed by atoms with Crippen molar-refractivity contribution in [3.8, 4) is 45.0 Å². The maximum absolute atomic E-state index is 5.11. The van der Waals surface area contributed by atoms with Crippen LogP contribution < -0.4 is 0 Å². The first kappa shape index (κ1) is 44.0. The number of pyridine rings is 2. The molecule has 9 aromatic carbocycles. The number of nitrogens with zero attached hydrogens (tertiary/aromatic N) is 6. The number of hydrogen-bond donors (Lipinski definition) is 0. The van der Waals surface area contributed by atoms with E-state index in [2.05, 4.69) is 254 Å². The van der Waals surface area contributed by atoms with Crippen molar-refractivity contribution in [2.75, 3.05) is 0 Å². The third kappa shape index (κ3) is 6.34. The van der Waals surface area contributed by atoms with Crippen LogP contribution in [0.1, 0.15) is 33.6 Å². The third-order valence-corrected chi connectivity index (χ3v) is 15.9. The van der Waals surface area contributed by atoms with Crippen LogP contribution in [0.3, 0.4) is 0 Å². The Bertz CT molecular complexity index is 4920. The maximum atomic E-state index is 5.11. The predicted molar refractivity (Wildman–Crippen MR) is 319 cm³/mol. The summed E-state index contributed by atoms with van der Waals surface area (Å²) in [6.07, 6.45) is 3.92. The third-order valence-electron chi connectivity index (χ3n) is 15.9. The van der Waals surface area contributed by atoms with Gasteiger partial charge in [0.15, 0.2) is 0 Å². The number of para-hydroxylation sites is 4. The van der Waals surface area contributed by atoms with Crippen LogP contribution in [0.4, 0.5) is 0 Å².